The number of rotatable bonds is 5. The third-order valence-electron chi connectivity index (χ3n) is 5.91. The molecule has 6 nitrogen and oxygen atoms in total. The van der Waals surface area contributed by atoms with Crippen molar-refractivity contribution in [3.05, 3.63) is 69.1 Å². The molecule has 4 rings (SSSR count). The smallest absolute Gasteiger partial charge is 0.258 e. The van der Waals surface area contributed by atoms with E-state index in [4.69, 9.17) is 0 Å². The van der Waals surface area contributed by atoms with Crippen molar-refractivity contribution >= 4 is 22.2 Å². The molecule has 31 heavy (non-hydrogen) atoms. The van der Waals surface area contributed by atoms with Crippen molar-refractivity contribution in [1.29, 1.82) is 0 Å². The number of piperazine rings is 1. The molecule has 1 saturated heterocycles. The third kappa shape index (κ3) is 5.22. The molecular formula is C24H30N4O2S. The number of thiazole rings is 1. The molecule has 0 N–H and O–H groups in total. The molecule has 0 bridgehead atoms. The van der Waals surface area contributed by atoms with Crippen LogP contribution < -0.4 is 5.56 Å². The fourth-order valence-electron chi connectivity index (χ4n) is 3.93. The topological polar surface area (TPSA) is 57.9 Å². The van der Waals surface area contributed by atoms with Gasteiger partial charge in [0.1, 0.15) is 0 Å². The lowest BCUT2D eigenvalue weighted by atomic mass is 9.86. The molecule has 0 radical (unpaired) electrons. The van der Waals surface area contributed by atoms with Gasteiger partial charge >= 0.3 is 0 Å². The molecule has 0 unspecified atom stereocenters. The summed E-state index contributed by atoms with van der Waals surface area (Å²) in [5, 5.41) is 1.87. The number of nitrogens with zero attached hydrogens (tertiary/aromatic N) is 4. The number of carbonyl (C=O) groups is 1. The number of hydrogen-bond acceptors (Lipinski definition) is 5. The quantitative estimate of drug-likeness (QED) is 0.613. The highest BCUT2D eigenvalue weighted by Crippen LogP contribution is 2.22. The Morgan fingerprint density at radius 3 is 2.48 bits per heavy atom. The predicted molar refractivity (Wildman–Crippen MR) is 125 cm³/mol. The molecule has 7 heteroatoms. The summed E-state index contributed by atoms with van der Waals surface area (Å²) in [4.78, 5) is 34.4. The molecule has 2 aromatic heterocycles. The Kier molecular flexibility index (Phi) is 6.25. The van der Waals surface area contributed by atoms with Gasteiger partial charge in [0.05, 0.1) is 5.69 Å². The van der Waals surface area contributed by atoms with Crippen LogP contribution in [0.3, 0.4) is 0 Å². The van der Waals surface area contributed by atoms with Gasteiger partial charge in [0, 0.05) is 56.8 Å². The van der Waals surface area contributed by atoms with Gasteiger partial charge in [-0.3, -0.25) is 18.9 Å². The van der Waals surface area contributed by atoms with Crippen molar-refractivity contribution < 1.29 is 4.79 Å². The normalized spacial score (nSPS) is 15.5. The molecular weight excluding hydrogens is 408 g/mol. The van der Waals surface area contributed by atoms with Gasteiger partial charge in [-0.25, -0.2) is 4.98 Å². The number of amides is 1. The van der Waals surface area contributed by atoms with Crippen LogP contribution in [0.2, 0.25) is 0 Å². The van der Waals surface area contributed by atoms with Crippen LogP contribution in [0.1, 0.15) is 44.0 Å². The Morgan fingerprint density at radius 1 is 1.10 bits per heavy atom. The number of aromatic nitrogens is 2. The highest BCUT2D eigenvalue weighted by molar-refractivity contribution is 7.15. The molecule has 0 saturated carbocycles. The van der Waals surface area contributed by atoms with E-state index in [0.29, 0.717) is 13.0 Å². The second-order valence-corrected chi connectivity index (χ2v) is 10.1. The van der Waals surface area contributed by atoms with E-state index in [1.807, 2.05) is 10.3 Å². The van der Waals surface area contributed by atoms with Crippen LogP contribution in [-0.2, 0) is 23.2 Å². The highest BCUT2D eigenvalue weighted by atomic mass is 32.1. The van der Waals surface area contributed by atoms with E-state index in [1.165, 1.54) is 22.5 Å². The van der Waals surface area contributed by atoms with E-state index in [2.05, 4.69) is 54.9 Å². The zero-order valence-corrected chi connectivity index (χ0v) is 19.3. The molecule has 1 amide bonds. The lowest BCUT2D eigenvalue weighted by Crippen LogP contribution is -2.48. The largest absolute Gasteiger partial charge is 0.340 e. The van der Waals surface area contributed by atoms with Gasteiger partial charge in [-0.1, -0.05) is 45.0 Å². The van der Waals surface area contributed by atoms with E-state index in [0.717, 1.165) is 43.3 Å². The zero-order chi connectivity index (χ0) is 22.0. The van der Waals surface area contributed by atoms with E-state index < -0.39 is 0 Å². The molecule has 164 valence electrons. The third-order valence-corrected chi connectivity index (χ3v) is 6.67. The Labute approximate surface area is 187 Å². The van der Waals surface area contributed by atoms with Crippen molar-refractivity contribution in [1.82, 2.24) is 19.2 Å². The van der Waals surface area contributed by atoms with E-state index in [1.54, 1.807) is 16.7 Å². The Balaban J connectivity index is 1.26. The highest BCUT2D eigenvalue weighted by Gasteiger charge is 2.21. The minimum atomic E-state index is -0.0365. The van der Waals surface area contributed by atoms with Crippen LogP contribution in [0.25, 0.3) is 4.96 Å². The second-order valence-electron chi connectivity index (χ2n) is 9.25. The lowest BCUT2D eigenvalue weighted by Gasteiger charge is -2.34. The van der Waals surface area contributed by atoms with Gasteiger partial charge in [-0.05, 0) is 23.0 Å². The first-order chi connectivity index (χ1) is 14.8. The fraction of sp³-hybridized carbons (Fsp3) is 0.458. The predicted octanol–water partition coefficient (Wildman–Crippen LogP) is 3.33. The molecule has 0 aliphatic carbocycles. The summed E-state index contributed by atoms with van der Waals surface area (Å²) in [6, 6.07) is 10.2. The first kappa shape index (κ1) is 21.7. The molecule has 1 aromatic carbocycles. The van der Waals surface area contributed by atoms with E-state index in [9.17, 15) is 9.59 Å². The van der Waals surface area contributed by atoms with Crippen molar-refractivity contribution in [2.45, 2.75) is 45.6 Å². The number of benzene rings is 1. The van der Waals surface area contributed by atoms with Crippen LogP contribution in [0.4, 0.5) is 0 Å². The maximum absolute atomic E-state index is 12.7. The first-order valence-corrected chi connectivity index (χ1v) is 11.7. The monoisotopic (exact) mass is 438 g/mol. The molecule has 1 fully saturated rings. The van der Waals surface area contributed by atoms with Crippen molar-refractivity contribution in [3.63, 3.8) is 0 Å². The maximum Gasteiger partial charge on any atom is 0.258 e. The van der Waals surface area contributed by atoms with Crippen LogP contribution in [0.5, 0.6) is 0 Å². The average molecular weight is 439 g/mol. The summed E-state index contributed by atoms with van der Waals surface area (Å²) in [5.74, 6) is 0.218. The SMILES string of the molecule is CC(C)(C)c1ccc(CCC(=O)N2CCN(Cc3cc(=O)n4ccsc4n3)CC2)cc1. The van der Waals surface area contributed by atoms with Crippen molar-refractivity contribution in [3.8, 4) is 0 Å². The van der Waals surface area contributed by atoms with Gasteiger partial charge in [-0.15, -0.1) is 11.3 Å². The minimum Gasteiger partial charge on any atom is -0.340 e. The summed E-state index contributed by atoms with van der Waals surface area (Å²) in [6.07, 6.45) is 3.07. The summed E-state index contributed by atoms with van der Waals surface area (Å²) in [6.45, 7) is 10.3. The Bertz CT molecular complexity index is 1100. The molecule has 0 atom stereocenters. The first-order valence-electron chi connectivity index (χ1n) is 10.8. The summed E-state index contributed by atoms with van der Waals surface area (Å²) in [7, 11) is 0. The van der Waals surface area contributed by atoms with Gasteiger partial charge in [0.15, 0.2) is 4.96 Å². The van der Waals surface area contributed by atoms with Crippen LogP contribution >= 0.6 is 11.3 Å². The molecule has 0 spiro atoms. The van der Waals surface area contributed by atoms with Crippen molar-refractivity contribution in [2.75, 3.05) is 26.2 Å². The minimum absolute atomic E-state index is 0.0365. The maximum atomic E-state index is 12.7. The fourth-order valence-corrected chi connectivity index (χ4v) is 4.67. The molecule has 1 aliphatic rings. The Hall–Kier alpha value is -2.51. The van der Waals surface area contributed by atoms with Crippen LogP contribution in [0.15, 0.2) is 46.7 Å². The number of carbonyl (C=O) groups excluding carboxylic acids is 1. The number of hydrogen-bond donors (Lipinski definition) is 0. The van der Waals surface area contributed by atoms with Crippen LogP contribution in [-0.4, -0.2) is 51.3 Å². The summed E-state index contributed by atoms with van der Waals surface area (Å²) < 4.78 is 1.57. The zero-order valence-electron chi connectivity index (χ0n) is 18.5. The van der Waals surface area contributed by atoms with Gasteiger partial charge in [0.2, 0.25) is 5.91 Å². The molecule has 3 heterocycles. The van der Waals surface area contributed by atoms with Gasteiger partial charge in [-0.2, -0.15) is 0 Å². The molecule has 1 aliphatic heterocycles. The van der Waals surface area contributed by atoms with E-state index in [-0.39, 0.29) is 16.9 Å². The van der Waals surface area contributed by atoms with Gasteiger partial charge < -0.3 is 4.90 Å². The molecule has 3 aromatic rings. The van der Waals surface area contributed by atoms with Gasteiger partial charge in [0.25, 0.3) is 5.56 Å². The van der Waals surface area contributed by atoms with Crippen LogP contribution in [0, 0.1) is 0 Å². The van der Waals surface area contributed by atoms with E-state index >= 15 is 0 Å². The lowest BCUT2D eigenvalue weighted by molar-refractivity contribution is -0.133. The van der Waals surface area contributed by atoms with Crippen molar-refractivity contribution in [2.24, 2.45) is 0 Å². The Morgan fingerprint density at radius 2 is 1.81 bits per heavy atom. The summed E-state index contributed by atoms with van der Waals surface area (Å²) in [5.41, 5.74) is 3.43. The standard InChI is InChI=1S/C24H30N4O2S/c1-24(2,3)19-7-4-18(5-8-19)6-9-21(29)27-12-10-26(11-13-27)17-20-16-22(30)28-14-15-31-23(28)25-20/h4-5,7-8,14-16H,6,9-13,17H2,1-3H3. The number of fused-ring (bicyclic) bond motifs is 1. The second kappa shape index (κ2) is 8.93. The average Bonchev–Trinajstić information content (AvgIpc) is 3.21. The number of aryl methyl sites for hydroxylation is 1. The summed E-state index contributed by atoms with van der Waals surface area (Å²) >= 11 is 1.47.